The van der Waals surface area contributed by atoms with Crippen molar-refractivity contribution in [1.29, 1.82) is 0 Å². The molecule has 24 heavy (non-hydrogen) atoms. The Morgan fingerprint density at radius 3 is 2.75 bits per heavy atom. The molecule has 0 aliphatic carbocycles. The zero-order valence-electron chi connectivity index (χ0n) is 13.6. The minimum atomic E-state index is -3.14. The van der Waals surface area contributed by atoms with Gasteiger partial charge in [0.2, 0.25) is 0 Å². The number of anilines is 1. The van der Waals surface area contributed by atoms with Gasteiger partial charge in [-0.3, -0.25) is 0 Å². The molecule has 0 aromatic carbocycles. The predicted molar refractivity (Wildman–Crippen MR) is 88.5 cm³/mol. The molecule has 1 unspecified atom stereocenters. The maximum absolute atomic E-state index is 12.2. The molecule has 132 valence electrons. The maximum atomic E-state index is 12.2. The lowest BCUT2D eigenvalue weighted by Gasteiger charge is -2.38. The van der Waals surface area contributed by atoms with Crippen molar-refractivity contribution in [1.82, 2.24) is 19.5 Å². The number of hydrogen-bond acceptors (Lipinski definition) is 8. The van der Waals surface area contributed by atoms with Crippen LogP contribution in [0.15, 0.2) is 12.7 Å². The number of nitrogens with zero attached hydrogens (tertiary/aromatic N) is 5. The molecule has 10 heteroatoms. The normalized spacial score (nSPS) is 21.1. The van der Waals surface area contributed by atoms with Crippen LogP contribution in [0.2, 0.25) is 0 Å². The molecular weight excluding hydrogens is 334 g/mol. The summed E-state index contributed by atoms with van der Waals surface area (Å²) in [6.45, 7) is 3.92. The summed E-state index contributed by atoms with van der Waals surface area (Å²) in [4.78, 5) is 14.7. The molecule has 2 aromatic heterocycles. The third-order valence-electron chi connectivity index (χ3n) is 4.34. The zero-order valence-corrected chi connectivity index (χ0v) is 14.4. The number of aromatic nitrogens is 4. The van der Waals surface area contributed by atoms with Gasteiger partial charge >= 0.3 is 0 Å². The molecule has 1 aliphatic heterocycles. The van der Waals surface area contributed by atoms with E-state index in [-0.39, 0.29) is 18.9 Å². The van der Waals surface area contributed by atoms with Crippen LogP contribution in [0.1, 0.15) is 13.8 Å². The largest absolute Gasteiger partial charge is 0.394 e. The van der Waals surface area contributed by atoms with Gasteiger partial charge in [-0.25, -0.2) is 23.4 Å². The highest BCUT2D eigenvalue weighted by Crippen LogP contribution is 2.29. The van der Waals surface area contributed by atoms with Crippen LogP contribution in [-0.4, -0.2) is 74.5 Å². The van der Waals surface area contributed by atoms with Crippen LogP contribution >= 0.6 is 0 Å². The third kappa shape index (κ3) is 2.85. The molecule has 2 aromatic rings. The first-order chi connectivity index (χ1) is 11.2. The summed E-state index contributed by atoms with van der Waals surface area (Å²) >= 11 is 0. The minimum absolute atomic E-state index is 0.0649. The molecule has 0 spiro atoms. The van der Waals surface area contributed by atoms with Gasteiger partial charge < -0.3 is 19.7 Å². The molecule has 1 aliphatic rings. The Hall–Kier alpha value is -1.78. The van der Waals surface area contributed by atoms with Gasteiger partial charge in [0, 0.05) is 13.1 Å². The van der Waals surface area contributed by atoms with E-state index < -0.39 is 20.7 Å². The van der Waals surface area contributed by atoms with Gasteiger partial charge in [-0.15, -0.1) is 0 Å². The van der Waals surface area contributed by atoms with E-state index in [0.717, 1.165) is 0 Å². The molecule has 0 radical (unpaired) electrons. The standard InChI is InChI=1S/C14H21N5O4S/c1-14(2)7-18(3-4-24(14,22)23)12-11-13(16-8-15-12)19(9-17-11)5-10(21)6-20/h8-10,20-21H,3-7H2,1-2H3. The summed E-state index contributed by atoms with van der Waals surface area (Å²) in [7, 11) is -3.14. The van der Waals surface area contributed by atoms with E-state index in [2.05, 4.69) is 15.0 Å². The first-order valence-corrected chi connectivity index (χ1v) is 9.32. The van der Waals surface area contributed by atoms with E-state index in [1.807, 2.05) is 4.90 Å². The molecule has 2 N–H and O–H groups in total. The predicted octanol–water partition coefficient (Wildman–Crippen LogP) is -0.807. The van der Waals surface area contributed by atoms with Crippen LogP contribution in [0.4, 0.5) is 5.82 Å². The van der Waals surface area contributed by atoms with Crippen molar-refractivity contribution in [2.75, 3.05) is 30.3 Å². The van der Waals surface area contributed by atoms with Gasteiger partial charge in [-0.2, -0.15) is 0 Å². The topological polar surface area (TPSA) is 121 Å². The zero-order chi connectivity index (χ0) is 17.5. The van der Waals surface area contributed by atoms with Gasteiger partial charge in [0.1, 0.15) is 6.33 Å². The molecule has 1 atom stereocenters. The number of sulfone groups is 1. The highest BCUT2D eigenvalue weighted by molar-refractivity contribution is 7.92. The van der Waals surface area contributed by atoms with Crippen molar-refractivity contribution >= 4 is 26.8 Å². The maximum Gasteiger partial charge on any atom is 0.165 e. The fourth-order valence-electron chi connectivity index (χ4n) is 2.84. The average Bonchev–Trinajstić information content (AvgIpc) is 2.93. The summed E-state index contributed by atoms with van der Waals surface area (Å²) in [5.74, 6) is 0.648. The fraction of sp³-hybridized carbons (Fsp3) is 0.643. The molecule has 0 amide bonds. The summed E-state index contributed by atoms with van der Waals surface area (Å²) in [6, 6.07) is 0. The smallest absolute Gasteiger partial charge is 0.165 e. The van der Waals surface area contributed by atoms with Gasteiger partial charge in [-0.1, -0.05) is 0 Å². The highest BCUT2D eigenvalue weighted by atomic mass is 32.2. The fourth-order valence-corrected chi connectivity index (χ4v) is 4.21. The molecule has 0 bridgehead atoms. The third-order valence-corrected chi connectivity index (χ3v) is 6.88. The van der Waals surface area contributed by atoms with E-state index in [1.54, 1.807) is 18.4 Å². The molecule has 9 nitrogen and oxygen atoms in total. The molecule has 0 saturated carbocycles. The monoisotopic (exact) mass is 355 g/mol. The van der Waals surface area contributed by atoms with E-state index in [4.69, 9.17) is 5.11 Å². The van der Waals surface area contributed by atoms with E-state index >= 15 is 0 Å². The van der Waals surface area contributed by atoms with E-state index in [1.165, 1.54) is 12.7 Å². The van der Waals surface area contributed by atoms with Crippen LogP contribution in [0, 0.1) is 0 Å². The second kappa shape index (κ2) is 5.94. The summed E-state index contributed by atoms with van der Waals surface area (Å²) in [5.41, 5.74) is 1.09. The first-order valence-electron chi connectivity index (χ1n) is 7.67. The number of hydrogen-bond donors (Lipinski definition) is 2. The Bertz CT molecular complexity index is 848. The van der Waals surface area contributed by atoms with Gasteiger partial charge in [0.05, 0.1) is 36.1 Å². The molecule has 3 heterocycles. The van der Waals surface area contributed by atoms with E-state index in [9.17, 15) is 13.5 Å². The van der Waals surface area contributed by atoms with Gasteiger partial charge in [0.25, 0.3) is 0 Å². The second-order valence-corrected chi connectivity index (χ2v) is 9.35. The van der Waals surface area contributed by atoms with Gasteiger partial charge in [-0.05, 0) is 13.8 Å². The number of aliphatic hydroxyl groups excluding tert-OH is 2. The van der Waals surface area contributed by atoms with Crippen molar-refractivity contribution < 1.29 is 18.6 Å². The van der Waals surface area contributed by atoms with Crippen molar-refractivity contribution in [2.45, 2.75) is 31.2 Å². The SMILES string of the molecule is CC1(C)CN(c2ncnc3c2ncn3CC(O)CO)CCS1(=O)=O. The highest BCUT2D eigenvalue weighted by Gasteiger charge is 2.41. The van der Waals surface area contributed by atoms with Crippen molar-refractivity contribution in [3.8, 4) is 0 Å². The first kappa shape index (κ1) is 17.1. The number of aliphatic hydroxyl groups is 2. The van der Waals surface area contributed by atoms with Crippen LogP contribution in [-0.2, 0) is 16.4 Å². The van der Waals surface area contributed by atoms with Crippen LogP contribution < -0.4 is 4.90 Å². The molecule has 1 saturated heterocycles. The molecular formula is C14H21N5O4S. The lowest BCUT2D eigenvalue weighted by atomic mass is 10.2. The van der Waals surface area contributed by atoms with E-state index in [0.29, 0.717) is 30.1 Å². The molecule has 1 fully saturated rings. The number of fused-ring (bicyclic) bond motifs is 1. The van der Waals surface area contributed by atoms with Gasteiger partial charge in [0.15, 0.2) is 26.8 Å². The minimum Gasteiger partial charge on any atom is -0.394 e. The Labute approximate surface area is 139 Å². The Balaban J connectivity index is 1.96. The average molecular weight is 355 g/mol. The second-order valence-electron chi connectivity index (χ2n) is 6.60. The Morgan fingerprint density at radius 1 is 1.33 bits per heavy atom. The van der Waals surface area contributed by atoms with Crippen LogP contribution in [0.3, 0.4) is 0 Å². The Morgan fingerprint density at radius 2 is 2.08 bits per heavy atom. The number of imidazole rings is 1. The Kier molecular flexibility index (Phi) is 4.22. The van der Waals surface area contributed by atoms with Crippen molar-refractivity contribution in [3.63, 3.8) is 0 Å². The number of rotatable bonds is 4. The summed E-state index contributed by atoms with van der Waals surface area (Å²) in [6.07, 6.45) is 2.03. The van der Waals surface area contributed by atoms with Crippen LogP contribution in [0.5, 0.6) is 0 Å². The van der Waals surface area contributed by atoms with Crippen LogP contribution in [0.25, 0.3) is 11.2 Å². The molecule has 3 rings (SSSR count). The quantitative estimate of drug-likeness (QED) is 0.730. The van der Waals surface area contributed by atoms with Crippen molar-refractivity contribution in [2.24, 2.45) is 0 Å². The lowest BCUT2D eigenvalue weighted by Crippen LogP contribution is -2.53. The summed E-state index contributed by atoms with van der Waals surface area (Å²) < 4.78 is 25.1. The lowest BCUT2D eigenvalue weighted by molar-refractivity contribution is 0.0820. The van der Waals surface area contributed by atoms with Crippen molar-refractivity contribution in [3.05, 3.63) is 12.7 Å². The summed E-state index contributed by atoms with van der Waals surface area (Å²) in [5, 5.41) is 18.6.